The maximum atomic E-state index is 12.4. The van der Waals surface area contributed by atoms with Gasteiger partial charge in [-0.2, -0.15) is 0 Å². The summed E-state index contributed by atoms with van der Waals surface area (Å²) in [5.41, 5.74) is 4.39. The summed E-state index contributed by atoms with van der Waals surface area (Å²) in [6.07, 6.45) is 5.54. The molecular weight excluding hydrogens is 312 g/mol. The minimum atomic E-state index is 0.123. The Hall–Kier alpha value is -2.62. The monoisotopic (exact) mass is 334 g/mol. The van der Waals surface area contributed by atoms with E-state index in [4.69, 9.17) is 4.42 Å². The van der Waals surface area contributed by atoms with Crippen molar-refractivity contribution in [3.8, 4) is 11.5 Å². The summed E-state index contributed by atoms with van der Waals surface area (Å²) >= 11 is 0. The maximum absolute atomic E-state index is 12.4. The summed E-state index contributed by atoms with van der Waals surface area (Å²) in [6.45, 7) is 2.05. The normalized spacial score (nSPS) is 15.4. The van der Waals surface area contributed by atoms with E-state index in [0.717, 1.165) is 42.5 Å². The summed E-state index contributed by atoms with van der Waals surface area (Å²) in [5, 5.41) is 3.04. The number of hydrogen-bond donors (Lipinski definition) is 1. The lowest BCUT2D eigenvalue weighted by atomic mass is 9.88. The highest BCUT2D eigenvalue weighted by atomic mass is 16.3. The molecule has 4 heteroatoms. The Bertz CT molecular complexity index is 907. The Balaban J connectivity index is 1.56. The van der Waals surface area contributed by atoms with Gasteiger partial charge in [-0.1, -0.05) is 37.0 Å². The van der Waals surface area contributed by atoms with Crippen LogP contribution in [0.3, 0.4) is 0 Å². The summed E-state index contributed by atoms with van der Waals surface area (Å²) in [5.74, 6) is 0.869. The number of aryl methyl sites for hydroxylation is 1. The van der Waals surface area contributed by atoms with Crippen LogP contribution in [0.4, 0.5) is 5.69 Å². The van der Waals surface area contributed by atoms with Gasteiger partial charge in [-0.15, -0.1) is 0 Å². The molecule has 1 N–H and O–H groups in total. The number of hydrogen-bond acceptors (Lipinski definition) is 3. The van der Waals surface area contributed by atoms with Crippen molar-refractivity contribution >= 4 is 22.7 Å². The maximum Gasteiger partial charge on any atom is 0.227 e. The second kappa shape index (κ2) is 6.71. The molecule has 1 saturated carbocycles. The number of carbonyl (C=O) groups excluding carboxylic acids is 1. The first-order chi connectivity index (χ1) is 12.2. The van der Waals surface area contributed by atoms with Crippen LogP contribution in [0.15, 0.2) is 46.9 Å². The van der Waals surface area contributed by atoms with Crippen LogP contribution in [0, 0.1) is 12.8 Å². The first-order valence-corrected chi connectivity index (χ1v) is 8.97. The molecule has 4 rings (SSSR count). The Kier molecular flexibility index (Phi) is 4.26. The number of benzene rings is 2. The number of nitrogens with zero attached hydrogens (tertiary/aromatic N) is 1. The standard InChI is InChI=1S/C21H22N2O2/c1-14-6-5-9-16(12-14)21-23-18-11-10-17(13-19(18)25-21)22-20(24)15-7-3-2-4-8-15/h5-6,9-13,15H,2-4,7-8H2,1H3,(H,22,24). The summed E-state index contributed by atoms with van der Waals surface area (Å²) < 4.78 is 5.91. The topological polar surface area (TPSA) is 55.1 Å². The largest absolute Gasteiger partial charge is 0.436 e. The van der Waals surface area contributed by atoms with E-state index in [1.807, 2.05) is 43.3 Å². The van der Waals surface area contributed by atoms with Crippen molar-refractivity contribution in [1.29, 1.82) is 0 Å². The molecular formula is C21H22N2O2. The van der Waals surface area contributed by atoms with E-state index < -0.39 is 0 Å². The van der Waals surface area contributed by atoms with Crippen molar-refractivity contribution in [3.63, 3.8) is 0 Å². The second-order valence-electron chi connectivity index (χ2n) is 6.90. The number of anilines is 1. The molecule has 2 aromatic carbocycles. The first kappa shape index (κ1) is 15.9. The molecule has 0 radical (unpaired) electrons. The van der Waals surface area contributed by atoms with Crippen LogP contribution in [0.1, 0.15) is 37.7 Å². The predicted molar refractivity (Wildman–Crippen MR) is 99.4 cm³/mol. The molecule has 25 heavy (non-hydrogen) atoms. The lowest BCUT2D eigenvalue weighted by Gasteiger charge is -2.20. The van der Waals surface area contributed by atoms with Crippen LogP contribution < -0.4 is 5.32 Å². The van der Waals surface area contributed by atoms with Crippen LogP contribution in [-0.2, 0) is 4.79 Å². The zero-order valence-electron chi connectivity index (χ0n) is 14.4. The number of rotatable bonds is 3. The molecule has 1 amide bonds. The molecule has 128 valence electrons. The van der Waals surface area contributed by atoms with E-state index in [0.29, 0.717) is 11.5 Å². The van der Waals surface area contributed by atoms with Gasteiger partial charge < -0.3 is 9.73 Å². The lowest BCUT2D eigenvalue weighted by Crippen LogP contribution is -2.24. The zero-order chi connectivity index (χ0) is 17.2. The first-order valence-electron chi connectivity index (χ1n) is 8.97. The molecule has 0 saturated heterocycles. The van der Waals surface area contributed by atoms with Gasteiger partial charge >= 0.3 is 0 Å². The Morgan fingerprint density at radius 2 is 1.96 bits per heavy atom. The van der Waals surface area contributed by atoms with Crippen LogP contribution >= 0.6 is 0 Å². The van der Waals surface area contributed by atoms with E-state index >= 15 is 0 Å². The molecule has 1 aliphatic carbocycles. The highest BCUT2D eigenvalue weighted by molar-refractivity contribution is 5.94. The molecule has 1 aromatic heterocycles. The van der Waals surface area contributed by atoms with Crippen molar-refractivity contribution in [2.45, 2.75) is 39.0 Å². The van der Waals surface area contributed by atoms with Crippen molar-refractivity contribution in [2.75, 3.05) is 5.32 Å². The summed E-state index contributed by atoms with van der Waals surface area (Å²) in [7, 11) is 0. The quantitative estimate of drug-likeness (QED) is 0.705. The van der Waals surface area contributed by atoms with Gasteiger partial charge in [0.2, 0.25) is 11.8 Å². The van der Waals surface area contributed by atoms with Gasteiger partial charge in [0.1, 0.15) is 5.52 Å². The molecule has 0 aliphatic heterocycles. The van der Waals surface area contributed by atoms with Crippen molar-refractivity contribution in [1.82, 2.24) is 4.98 Å². The third-order valence-electron chi connectivity index (χ3n) is 4.90. The molecule has 1 aliphatic rings. The molecule has 1 heterocycles. The summed E-state index contributed by atoms with van der Waals surface area (Å²) in [4.78, 5) is 17.0. The third-order valence-corrected chi connectivity index (χ3v) is 4.90. The molecule has 0 atom stereocenters. The zero-order valence-corrected chi connectivity index (χ0v) is 14.4. The fourth-order valence-electron chi connectivity index (χ4n) is 3.51. The van der Waals surface area contributed by atoms with Crippen molar-refractivity contribution < 1.29 is 9.21 Å². The van der Waals surface area contributed by atoms with Crippen molar-refractivity contribution in [3.05, 3.63) is 48.0 Å². The molecule has 0 unspecified atom stereocenters. The van der Waals surface area contributed by atoms with E-state index in [9.17, 15) is 4.79 Å². The number of oxazole rings is 1. The van der Waals surface area contributed by atoms with E-state index in [1.54, 1.807) is 0 Å². The highest BCUT2D eigenvalue weighted by Gasteiger charge is 2.21. The van der Waals surface area contributed by atoms with Crippen LogP contribution in [0.25, 0.3) is 22.6 Å². The number of fused-ring (bicyclic) bond motifs is 1. The number of amides is 1. The fraction of sp³-hybridized carbons (Fsp3) is 0.333. The number of nitrogens with one attached hydrogen (secondary N) is 1. The van der Waals surface area contributed by atoms with Gasteiger partial charge in [0.15, 0.2) is 5.58 Å². The van der Waals surface area contributed by atoms with Gasteiger partial charge in [0, 0.05) is 23.2 Å². The SMILES string of the molecule is Cc1cccc(-c2nc3ccc(NC(=O)C4CCCCC4)cc3o2)c1. The molecule has 0 spiro atoms. The Morgan fingerprint density at radius 3 is 2.76 bits per heavy atom. The van der Waals surface area contributed by atoms with Crippen LogP contribution in [0.2, 0.25) is 0 Å². The van der Waals surface area contributed by atoms with E-state index in [2.05, 4.69) is 16.4 Å². The van der Waals surface area contributed by atoms with Gasteiger partial charge in [0.25, 0.3) is 0 Å². The fourth-order valence-corrected chi connectivity index (χ4v) is 3.51. The third kappa shape index (κ3) is 3.43. The van der Waals surface area contributed by atoms with Crippen LogP contribution in [0.5, 0.6) is 0 Å². The molecule has 4 nitrogen and oxygen atoms in total. The van der Waals surface area contributed by atoms with E-state index in [-0.39, 0.29) is 11.8 Å². The minimum absolute atomic E-state index is 0.123. The minimum Gasteiger partial charge on any atom is -0.436 e. The predicted octanol–water partition coefficient (Wildman–Crippen LogP) is 5.32. The van der Waals surface area contributed by atoms with Gasteiger partial charge in [0.05, 0.1) is 0 Å². The highest BCUT2D eigenvalue weighted by Crippen LogP contribution is 2.28. The number of aromatic nitrogens is 1. The van der Waals surface area contributed by atoms with Crippen molar-refractivity contribution in [2.24, 2.45) is 5.92 Å². The van der Waals surface area contributed by atoms with E-state index in [1.165, 1.54) is 12.0 Å². The average Bonchev–Trinajstić information content (AvgIpc) is 3.06. The van der Waals surface area contributed by atoms with Gasteiger partial charge in [-0.3, -0.25) is 4.79 Å². The van der Waals surface area contributed by atoms with Gasteiger partial charge in [-0.05, 0) is 44.0 Å². The molecule has 0 bridgehead atoms. The van der Waals surface area contributed by atoms with Gasteiger partial charge in [-0.25, -0.2) is 4.98 Å². The van der Waals surface area contributed by atoms with Crippen LogP contribution in [-0.4, -0.2) is 10.9 Å². The lowest BCUT2D eigenvalue weighted by molar-refractivity contribution is -0.120. The average molecular weight is 334 g/mol. The number of carbonyl (C=O) groups is 1. The molecule has 3 aromatic rings. The molecule has 1 fully saturated rings. The smallest absolute Gasteiger partial charge is 0.227 e. The Morgan fingerprint density at radius 1 is 1.12 bits per heavy atom. The summed E-state index contributed by atoms with van der Waals surface area (Å²) in [6, 6.07) is 13.7. The Labute approximate surface area is 147 Å². The second-order valence-corrected chi connectivity index (χ2v) is 6.90.